The van der Waals surface area contributed by atoms with E-state index in [4.69, 9.17) is 13.8 Å². The molecule has 1 unspecified atom stereocenters. The van der Waals surface area contributed by atoms with Crippen LogP contribution in [0, 0.1) is 0 Å². The molecule has 7 heteroatoms. The van der Waals surface area contributed by atoms with Crippen LogP contribution in [0.1, 0.15) is 20.8 Å². The molecule has 0 aromatic rings. The zero-order chi connectivity index (χ0) is 11.9. The van der Waals surface area contributed by atoms with Gasteiger partial charge in [-0.15, -0.1) is 0 Å². The van der Waals surface area contributed by atoms with Crippen molar-refractivity contribution < 1.29 is 23.1 Å². The highest BCUT2D eigenvalue weighted by atomic mass is 127. The molecule has 5 nitrogen and oxygen atoms in total. The van der Waals surface area contributed by atoms with E-state index in [2.05, 4.69) is 0 Å². The average Bonchev–Trinajstić information content (AvgIpc) is 2.17. The SMILES string of the molecule is CCOC(=O)C(I)P(=O)(OCC)OCC. The normalized spacial score (nSPS) is 13.6. The fraction of sp³-hybridized carbons (Fsp3) is 0.875. The van der Waals surface area contributed by atoms with E-state index in [9.17, 15) is 9.36 Å². The van der Waals surface area contributed by atoms with Gasteiger partial charge in [0.05, 0.1) is 19.8 Å². The summed E-state index contributed by atoms with van der Waals surface area (Å²) in [6.45, 7) is 5.79. The van der Waals surface area contributed by atoms with Gasteiger partial charge in [-0.05, 0) is 20.8 Å². The Hall–Kier alpha value is 0.350. The number of hydrogen-bond donors (Lipinski definition) is 0. The van der Waals surface area contributed by atoms with Crippen molar-refractivity contribution in [2.75, 3.05) is 19.8 Å². The maximum absolute atomic E-state index is 12.1. The summed E-state index contributed by atoms with van der Waals surface area (Å²) in [4.78, 5) is 11.4. The Labute approximate surface area is 104 Å². The van der Waals surface area contributed by atoms with E-state index >= 15 is 0 Å². The van der Waals surface area contributed by atoms with Crippen LogP contribution < -0.4 is 0 Å². The van der Waals surface area contributed by atoms with Crippen LogP contribution in [0.5, 0.6) is 0 Å². The van der Waals surface area contributed by atoms with Gasteiger partial charge in [-0.1, -0.05) is 22.6 Å². The van der Waals surface area contributed by atoms with E-state index in [1.165, 1.54) is 0 Å². The second-order valence-corrected chi connectivity index (χ2v) is 6.81. The van der Waals surface area contributed by atoms with Crippen LogP contribution >= 0.6 is 30.2 Å². The fourth-order valence-corrected chi connectivity index (χ4v) is 3.40. The summed E-state index contributed by atoms with van der Waals surface area (Å²) in [5, 5.41) is 0. The van der Waals surface area contributed by atoms with E-state index in [1.54, 1.807) is 43.4 Å². The minimum Gasteiger partial charge on any atom is -0.465 e. The van der Waals surface area contributed by atoms with Crippen molar-refractivity contribution in [2.24, 2.45) is 0 Å². The highest BCUT2D eigenvalue weighted by Gasteiger charge is 2.40. The summed E-state index contributed by atoms with van der Waals surface area (Å²) < 4.78 is 26.0. The first kappa shape index (κ1) is 15.3. The Kier molecular flexibility index (Phi) is 7.77. The molecule has 90 valence electrons. The van der Waals surface area contributed by atoms with Gasteiger partial charge in [0.25, 0.3) is 0 Å². The van der Waals surface area contributed by atoms with E-state index in [-0.39, 0.29) is 19.8 Å². The van der Waals surface area contributed by atoms with Crippen molar-refractivity contribution in [1.82, 2.24) is 0 Å². The highest BCUT2D eigenvalue weighted by Crippen LogP contribution is 2.56. The minimum atomic E-state index is -3.38. The van der Waals surface area contributed by atoms with Crippen molar-refractivity contribution in [2.45, 2.75) is 24.4 Å². The minimum absolute atomic E-state index is 0.232. The smallest absolute Gasteiger partial charge is 0.354 e. The third-order valence-corrected chi connectivity index (χ3v) is 5.93. The molecule has 0 heterocycles. The first-order valence-corrected chi connectivity index (χ1v) is 7.57. The maximum Gasteiger partial charge on any atom is 0.354 e. The lowest BCUT2D eigenvalue weighted by atomic mass is 10.8. The Morgan fingerprint density at radius 2 is 1.67 bits per heavy atom. The van der Waals surface area contributed by atoms with Crippen molar-refractivity contribution >= 4 is 36.2 Å². The third kappa shape index (κ3) is 4.80. The Balaban J connectivity index is 4.60. The highest BCUT2D eigenvalue weighted by molar-refractivity contribution is 14.1. The Morgan fingerprint density at radius 1 is 1.20 bits per heavy atom. The largest absolute Gasteiger partial charge is 0.465 e. The van der Waals surface area contributed by atoms with Crippen molar-refractivity contribution in [3.8, 4) is 0 Å². The zero-order valence-corrected chi connectivity index (χ0v) is 12.1. The van der Waals surface area contributed by atoms with E-state index in [0.29, 0.717) is 0 Å². The van der Waals surface area contributed by atoms with Crippen LogP contribution in [0.15, 0.2) is 0 Å². The standard InChI is InChI=1S/C8H16IO5P/c1-4-12-8(10)7(9)15(11,13-5-2)14-6-3/h7H,4-6H2,1-3H3. The Morgan fingerprint density at radius 3 is 2.00 bits per heavy atom. The van der Waals surface area contributed by atoms with Gasteiger partial charge in [0.2, 0.25) is 3.67 Å². The van der Waals surface area contributed by atoms with Crippen LogP contribution in [0.25, 0.3) is 0 Å². The molecule has 0 aliphatic carbocycles. The predicted molar refractivity (Wildman–Crippen MR) is 65.3 cm³/mol. The van der Waals surface area contributed by atoms with E-state index in [0.717, 1.165) is 0 Å². The molecule has 0 fully saturated rings. The molecule has 1 atom stereocenters. The lowest BCUT2D eigenvalue weighted by molar-refractivity contribution is -0.140. The summed E-state index contributed by atoms with van der Waals surface area (Å²) >= 11 is 1.73. The molecule has 0 aromatic heterocycles. The number of esters is 1. The number of halogens is 1. The van der Waals surface area contributed by atoms with E-state index < -0.39 is 17.2 Å². The zero-order valence-electron chi connectivity index (χ0n) is 9.07. The summed E-state index contributed by atoms with van der Waals surface area (Å²) in [6.07, 6.45) is 0. The van der Waals surface area contributed by atoms with Gasteiger partial charge in [-0.25, -0.2) is 0 Å². The van der Waals surface area contributed by atoms with Gasteiger partial charge in [0.1, 0.15) is 0 Å². The number of ether oxygens (including phenoxy) is 1. The van der Waals surface area contributed by atoms with Crippen LogP contribution in [-0.2, 0) is 23.1 Å². The average molecular weight is 350 g/mol. The molecule has 0 bridgehead atoms. The van der Waals surface area contributed by atoms with Gasteiger partial charge < -0.3 is 13.8 Å². The third-order valence-electron chi connectivity index (χ3n) is 1.38. The maximum atomic E-state index is 12.1. The van der Waals surface area contributed by atoms with E-state index in [1.807, 2.05) is 0 Å². The van der Waals surface area contributed by atoms with Crippen molar-refractivity contribution in [3.05, 3.63) is 0 Å². The lowest BCUT2D eigenvalue weighted by Gasteiger charge is -2.20. The predicted octanol–water partition coefficient (Wildman–Crippen LogP) is 2.58. The number of carbonyl (C=O) groups is 1. The molecule has 0 N–H and O–H groups in total. The first-order valence-electron chi connectivity index (χ1n) is 4.71. The summed E-state index contributed by atoms with van der Waals surface area (Å²) in [6, 6.07) is 0. The molecule has 0 aliphatic rings. The first-order chi connectivity index (χ1) is 7.01. The van der Waals surface area contributed by atoms with Crippen molar-refractivity contribution in [1.29, 1.82) is 0 Å². The summed E-state index contributed by atoms with van der Waals surface area (Å²) in [7, 11) is -3.38. The number of carbonyl (C=O) groups excluding carboxylic acids is 1. The molecule has 0 rings (SSSR count). The van der Waals surface area contributed by atoms with Crippen LogP contribution in [-0.4, -0.2) is 29.5 Å². The van der Waals surface area contributed by atoms with Crippen LogP contribution in [0.3, 0.4) is 0 Å². The number of rotatable bonds is 7. The molecule has 0 aromatic carbocycles. The van der Waals surface area contributed by atoms with Gasteiger partial charge >= 0.3 is 13.6 Å². The summed E-state index contributed by atoms with van der Waals surface area (Å²) in [5.74, 6) is -0.566. The topological polar surface area (TPSA) is 61.8 Å². The molecule has 0 radical (unpaired) electrons. The molecule has 0 amide bonds. The quantitative estimate of drug-likeness (QED) is 0.306. The number of alkyl halides is 1. The second-order valence-electron chi connectivity index (χ2n) is 2.46. The van der Waals surface area contributed by atoms with Gasteiger partial charge in [0.15, 0.2) is 0 Å². The molecule has 0 spiro atoms. The Bertz CT molecular complexity index is 235. The molecular weight excluding hydrogens is 334 g/mol. The van der Waals surface area contributed by atoms with Gasteiger partial charge in [-0.3, -0.25) is 9.36 Å². The fourth-order valence-electron chi connectivity index (χ4n) is 0.868. The molecule has 15 heavy (non-hydrogen) atoms. The van der Waals surface area contributed by atoms with Gasteiger partial charge in [-0.2, -0.15) is 0 Å². The lowest BCUT2D eigenvalue weighted by Crippen LogP contribution is -2.20. The van der Waals surface area contributed by atoms with Crippen LogP contribution in [0.4, 0.5) is 0 Å². The molecule has 0 saturated carbocycles. The van der Waals surface area contributed by atoms with Crippen molar-refractivity contribution in [3.63, 3.8) is 0 Å². The van der Waals surface area contributed by atoms with Crippen LogP contribution in [0.2, 0.25) is 0 Å². The molecular formula is C8H16IO5P. The number of hydrogen-bond acceptors (Lipinski definition) is 5. The monoisotopic (exact) mass is 350 g/mol. The molecule has 0 aliphatic heterocycles. The second kappa shape index (κ2) is 7.60. The molecule has 0 saturated heterocycles. The summed E-state index contributed by atoms with van der Waals surface area (Å²) in [5.41, 5.74) is 0. The van der Waals surface area contributed by atoms with Gasteiger partial charge in [0, 0.05) is 0 Å².